The van der Waals surface area contributed by atoms with Gasteiger partial charge in [0.2, 0.25) is 15.9 Å². The quantitative estimate of drug-likeness (QED) is 0.853. The van der Waals surface area contributed by atoms with Crippen LogP contribution in [0.3, 0.4) is 0 Å². The second-order valence-electron chi connectivity index (χ2n) is 7.65. The molecule has 1 aromatic rings. The topological polar surface area (TPSA) is 86.4 Å². The summed E-state index contributed by atoms with van der Waals surface area (Å²) >= 11 is 0. The number of aromatic amines is 1. The fourth-order valence-corrected chi connectivity index (χ4v) is 6.28. The summed E-state index contributed by atoms with van der Waals surface area (Å²) in [5.74, 6) is 0.434. The first-order chi connectivity index (χ1) is 11.9. The standard InChI is InChI=1S/C17H26N4O3S/c1-25(23,24)21-9-6-14-15(19-12-18-14)17(21)7-10-20(11-8-17)16(22)13-4-2-3-5-13/h12-13H,2-11H2,1H3,(H,18,19). The second kappa shape index (κ2) is 6.09. The number of likely N-dealkylation sites (tertiary alicyclic amines) is 1. The Morgan fingerprint density at radius 2 is 1.92 bits per heavy atom. The van der Waals surface area contributed by atoms with Gasteiger partial charge in [0, 0.05) is 37.7 Å². The third-order valence-electron chi connectivity index (χ3n) is 6.21. The van der Waals surface area contributed by atoms with Crippen LogP contribution in [0.25, 0.3) is 0 Å². The average Bonchev–Trinajstić information content (AvgIpc) is 3.26. The van der Waals surface area contributed by atoms with Crippen LogP contribution in [-0.2, 0) is 26.8 Å². The summed E-state index contributed by atoms with van der Waals surface area (Å²) in [4.78, 5) is 22.3. The minimum absolute atomic E-state index is 0.173. The van der Waals surface area contributed by atoms with Gasteiger partial charge in [0.1, 0.15) is 0 Å². The van der Waals surface area contributed by atoms with Gasteiger partial charge in [0.05, 0.1) is 23.8 Å². The van der Waals surface area contributed by atoms with Crippen LogP contribution in [0.4, 0.5) is 0 Å². The molecule has 25 heavy (non-hydrogen) atoms. The van der Waals surface area contributed by atoms with E-state index >= 15 is 0 Å². The third kappa shape index (κ3) is 2.79. The van der Waals surface area contributed by atoms with Crippen LogP contribution < -0.4 is 0 Å². The molecule has 0 atom stereocenters. The Morgan fingerprint density at radius 1 is 1.24 bits per heavy atom. The van der Waals surface area contributed by atoms with Crippen molar-refractivity contribution in [3.05, 3.63) is 17.7 Å². The summed E-state index contributed by atoms with van der Waals surface area (Å²) in [7, 11) is -3.33. The van der Waals surface area contributed by atoms with Crippen molar-refractivity contribution in [2.24, 2.45) is 5.92 Å². The van der Waals surface area contributed by atoms with Gasteiger partial charge in [0.15, 0.2) is 0 Å². The molecule has 1 spiro atoms. The van der Waals surface area contributed by atoms with Crippen molar-refractivity contribution in [3.63, 3.8) is 0 Å². The zero-order valence-electron chi connectivity index (χ0n) is 14.7. The van der Waals surface area contributed by atoms with Crippen LogP contribution in [0.5, 0.6) is 0 Å². The maximum atomic E-state index is 12.7. The number of piperidine rings is 1. The molecule has 3 aliphatic rings. The van der Waals surface area contributed by atoms with Crippen LogP contribution >= 0.6 is 0 Å². The lowest BCUT2D eigenvalue weighted by Crippen LogP contribution is -2.58. The van der Waals surface area contributed by atoms with Crippen molar-refractivity contribution in [2.75, 3.05) is 25.9 Å². The SMILES string of the molecule is CS(=O)(=O)N1CCc2[nH]cnc2C12CCN(C(=O)C1CCCC1)CC2. The van der Waals surface area contributed by atoms with E-state index in [9.17, 15) is 13.2 Å². The minimum Gasteiger partial charge on any atom is -0.348 e. The molecule has 138 valence electrons. The van der Waals surface area contributed by atoms with E-state index in [0.29, 0.717) is 38.9 Å². The van der Waals surface area contributed by atoms with Gasteiger partial charge in [-0.1, -0.05) is 12.8 Å². The number of hydrogen-bond acceptors (Lipinski definition) is 4. The first-order valence-corrected chi connectivity index (χ1v) is 11.1. The van der Waals surface area contributed by atoms with E-state index in [2.05, 4.69) is 9.97 Å². The van der Waals surface area contributed by atoms with Crippen LogP contribution in [-0.4, -0.2) is 59.4 Å². The number of carbonyl (C=O) groups excluding carboxylic acids is 1. The van der Waals surface area contributed by atoms with E-state index in [4.69, 9.17) is 0 Å². The number of fused-ring (bicyclic) bond motifs is 2. The molecule has 2 aliphatic heterocycles. The van der Waals surface area contributed by atoms with Crippen LogP contribution in [0.15, 0.2) is 6.33 Å². The molecule has 1 amide bonds. The fourth-order valence-electron chi connectivity index (χ4n) is 4.96. The molecule has 0 radical (unpaired) electrons. The Labute approximate surface area is 148 Å². The highest BCUT2D eigenvalue weighted by Gasteiger charge is 2.50. The zero-order chi connectivity index (χ0) is 17.7. The van der Waals surface area contributed by atoms with Gasteiger partial charge >= 0.3 is 0 Å². The number of rotatable bonds is 2. The van der Waals surface area contributed by atoms with E-state index in [1.165, 1.54) is 6.26 Å². The van der Waals surface area contributed by atoms with Crippen LogP contribution in [0.1, 0.15) is 49.9 Å². The molecular weight excluding hydrogens is 340 g/mol. The Balaban J connectivity index is 1.59. The normalized spacial score (nSPS) is 24.6. The van der Waals surface area contributed by atoms with Gasteiger partial charge < -0.3 is 9.88 Å². The number of sulfonamides is 1. The molecule has 3 heterocycles. The molecule has 7 nitrogen and oxygen atoms in total. The van der Waals surface area contributed by atoms with Gasteiger partial charge in [-0.2, -0.15) is 4.31 Å². The number of imidazole rings is 1. The molecule has 1 N–H and O–H groups in total. The second-order valence-corrected chi connectivity index (χ2v) is 9.56. The number of H-pyrrole nitrogens is 1. The Kier molecular flexibility index (Phi) is 4.15. The molecule has 0 aromatic carbocycles. The monoisotopic (exact) mass is 366 g/mol. The van der Waals surface area contributed by atoms with Crippen molar-refractivity contribution in [1.29, 1.82) is 0 Å². The number of nitrogens with one attached hydrogen (secondary N) is 1. The number of aromatic nitrogens is 2. The molecule has 4 rings (SSSR count). The van der Waals surface area contributed by atoms with E-state index in [1.54, 1.807) is 10.6 Å². The van der Waals surface area contributed by atoms with Gasteiger partial charge in [-0.25, -0.2) is 13.4 Å². The molecule has 1 saturated heterocycles. The number of amides is 1. The number of carbonyl (C=O) groups is 1. The zero-order valence-corrected chi connectivity index (χ0v) is 15.5. The van der Waals surface area contributed by atoms with Crippen molar-refractivity contribution in [3.8, 4) is 0 Å². The predicted octanol–water partition coefficient (Wildman–Crippen LogP) is 1.24. The Morgan fingerprint density at radius 3 is 2.56 bits per heavy atom. The molecule has 0 unspecified atom stereocenters. The predicted molar refractivity (Wildman–Crippen MR) is 93.3 cm³/mol. The summed E-state index contributed by atoms with van der Waals surface area (Å²) < 4.78 is 26.5. The Hall–Kier alpha value is -1.41. The maximum absolute atomic E-state index is 12.7. The lowest BCUT2D eigenvalue weighted by molar-refractivity contribution is -0.137. The highest BCUT2D eigenvalue weighted by Crippen LogP contribution is 2.44. The highest BCUT2D eigenvalue weighted by molar-refractivity contribution is 7.88. The molecule has 0 bridgehead atoms. The van der Waals surface area contributed by atoms with Crippen molar-refractivity contribution >= 4 is 15.9 Å². The van der Waals surface area contributed by atoms with Gasteiger partial charge in [-0.05, 0) is 25.7 Å². The number of hydrogen-bond donors (Lipinski definition) is 1. The first-order valence-electron chi connectivity index (χ1n) is 9.21. The average molecular weight is 366 g/mol. The third-order valence-corrected chi connectivity index (χ3v) is 7.54. The summed E-state index contributed by atoms with van der Waals surface area (Å²) in [6.45, 7) is 1.69. The summed E-state index contributed by atoms with van der Waals surface area (Å²) in [5, 5.41) is 0. The van der Waals surface area contributed by atoms with Crippen molar-refractivity contribution in [2.45, 2.75) is 50.5 Å². The lowest BCUT2D eigenvalue weighted by Gasteiger charge is -2.49. The summed E-state index contributed by atoms with van der Waals surface area (Å²) in [6.07, 6.45) is 9.14. The van der Waals surface area contributed by atoms with Crippen LogP contribution in [0, 0.1) is 5.92 Å². The van der Waals surface area contributed by atoms with E-state index < -0.39 is 15.6 Å². The van der Waals surface area contributed by atoms with E-state index in [0.717, 1.165) is 37.1 Å². The van der Waals surface area contributed by atoms with E-state index in [-0.39, 0.29) is 11.8 Å². The molecular formula is C17H26N4O3S. The molecule has 1 saturated carbocycles. The Bertz CT molecular complexity index is 759. The smallest absolute Gasteiger partial charge is 0.225 e. The molecule has 1 aliphatic carbocycles. The first kappa shape index (κ1) is 17.0. The van der Waals surface area contributed by atoms with Crippen molar-refractivity contribution < 1.29 is 13.2 Å². The fraction of sp³-hybridized carbons (Fsp3) is 0.765. The minimum atomic E-state index is -3.33. The largest absolute Gasteiger partial charge is 0.348 e. The van der Waals surface area contributed by atoms with Gasteiger partial charge in [-0.15, -0.1) is 0 Å². The number of nitrogens with zero attached hydrogens (tertiary/aromatic N) is 3. The summed E-state index contributed by atoms with van der Waals surface area (Å²) in [6, 6.07) is 0. The molecule has 1 aromatic heterocycles. The maximum Gasteiger partial charge on any atom is 0.225 e. The summed E-state index contributed by atoms with van der Waals surface area (Å²) in [5.41, 5.74) is 1.29. The highest BCUT2D eigenvalue weighted by atomic mass is 32.2. The lowest BCUT2D eigenvalue weighted by atomic mass is 9.80. The van der Waals surface area contributed by atoms with Gasteiger partial charge in [-0.3, -0.25) is 4.79 Å². The van der Waals surface area contributed by atoms with E-state index in [1.807, 2.05) is 4.90 Å². The van der Waals surface area contributed by atoms with Gasteiger partial charge in [0.25, 0.3) is 0 Å². The van der Waals surface area contributed by atoms with Crippen LogP contribution in [0.2, 0.25) is 0 Å². The molecule has 2 fully saturated rings. The van der Waals surface area contributed by atoms with Crippen molar-refractivity contribution in [1.82, 2.24) is 19.2 Å². The molecule has 8 heteroatoms.